The van der Waals surface area contributed by atoms with Crippen LogP contribution in [0.15, 0.2) is 65.8 Å². The molecule has 7 heteroatoms. The number of ether oxygens (including phenoxy) is 1. The van der Waals surface area contributed by atoms with Crippen molar-refractivity contribution in [3.05, 3.63) is 81.7 Å². The lowest BCUT2D eigenvalue weighted by Gasteiger charge is -2.21. The van der Waals surface area contributed by atoms with Crippen LogP contribution in [0.1, 0.15) is 5.56 Å². The first kappa shape index (κ1) is 18.4. The Kier molecular flexibility index (Phi) is 6.89. The van der Waals surface area contributed by atoms with E-state index in [-0.39, 0.29) is 0 Å². The molecule has 0 saturated carbocycles. The van der Waals surface area contributed by atoms with E-state index in [0.717, 1.165) is 11.3 Å². The number of azide groups is 1. The molecule has 0 amide bonds. The Bertz CT molecular complexity index is 771. The van der Waals surface area contributed by atoms with Gasteiger partial charge in [0.15, 0.2) is 6.04 Å². The number of hydrogen-bond acceptors (Lipinski definition) is 4. The Morgan fingerprint density at radius 2 is 1.92 bits per heavy atom. The summed E-state index contributed by atoms with van der Waals surface area (Å²) in [6, 6.07) is 14.9. The molecule has 0 fully saturated rings. The van der Waals surface area contributed by atoms with Crippen molar-refractivity contribution in [1.82, 2.24) is 0 Å². The third kappa shape index (κ3) is 5.57. The maximum absolute atomic E-state index is 12.0. The molecule has 2 atom stereocenters. The molecule has 6 nitrogen and oxygen atoms in total. The minimum absolute atomic E-state index is 0.593. The molecule has 0 aromatic heterocycles. The van der Waals surface area contributed by atoms with Gasteiger partial charge in [-0.2, -0.15) is 0 Å². The molecule has 2 aromatic carbocycles. The molecule has 1 N–H and O–H groups in total. The van der Waals surface area contributed by atoms with Gasteiger partial charge in [0.25, 0.3) is 0 Å². The molecule has 0 saturated heterocycles. The highest BCUT2D eigenvalue weighted by molar-refractivity contribution is 6.30. The highest BCUT2D eigenvalue weighted by Gasteiger charge is 2.26. The van der Waals surface area contributed by atoms with Gasteiger partial charge >= 0.3 is 5.97 Å². The molecule has 2 aromatic rings. The zero-order valence-corrected chi connectivity index (χ0v) is 14.3. The molecule has 0 spiro atoms. The third-order valence-electron chi connectivity index (χ3n) is 3.43. The monoisotopic (exact) mass is 356 g/mol. The molecule has 0 aliphatic heterocycles. The van der Waals surface area contributed by atoms with Crippen molar-refractivity contribution in [2.24, 2.45) is 5.11 Å². The van der Waals surface area contributed by atoms with Crippen LogP contribution in [0.4, 0.5) is 5.69 Å². The zero-order valence-electron chi connectivity index (χ0n) is 13.5. The van der Waals surface area contributed by atoms with E-state index in [2.05, 4.69) is 15.3 Å². The smallest absolute Gasteiger partial charge is 0.317 e. The number of esters is 1. The van der Waals surface area contributed by atoms with Crippen LogP contribution in [-0.4, -0.2) is 25.2 Å². The van der Waals surface area contributed by atoms with Crippen LogP contribution < -0.4 is 5.32 Å². The maximum atomic E-state index is 12.0. The highest BCUT2D eigenvalue weighted by atomic mass is 35.5. The predicted octanol–water partition coefficient (Wildman–Crippen LogP) is 4.69. The average Bonchev–Trinajstić information content (AvgIpc) is 2.65. The lowest BCUT2D eigenvalue weighted by molar-refractivity contribution is -0.142. The van der Waals surface area contributed by atoms with Gasteiger partial charge in [0, 0.05) is 15.6 Å². The fourth-order valence-electron chi connectivity index (χ4n) is 2.19. The van der Waals surface area contributed by atoms with E-state index in [0.29, 0.717) is 5.02 Å². The molecule has 128 valence electrons. The van der Waals surface area contributed by atoms with Crippen molar-refractivity contribution < 1.29 is 9.53 Å². The molecule has 0 aliphatic carbocycles. The molecular weight excluding hydrogens is 340 g/mol. The van der Waals surface area contributed by atoms with E-state index in [4.69, 9.17) is 21.9 Å². The summed E-state index contributed by atoms with van der Waals surface area (Å²) in [5.41, 5.74) is 10.5. The number of carbonyl (C=O) groups is 1. The predicted molar refractivity (Wildman–Crippen MR) is 99.3 cm³/mol. The van der Waals surface area contributed by atoms with E-state index in [1.54, 1.807) is 30.3 Å². The molecule has 0 radical (unpaired) electrons. The first-order valence-electron chi connectivity index (χ1n) is 7.51. The first-order valence-corrected chi connectivity index (χ1v) is 7.89. The fraction of sp³-hybridized carbons (Fsp3) is 0.167. The fourth-order valence-corrected chi connectivity index (χ4v) is 2.32. The highest BCUT2D eigenvalue weighted by Crippen LogP contribution is 2.18. The number of halogens is 1. The zero-order chi connectivity index (χ0) is 18.1. The van der Waals surface area contributed by atoms with Crippen molar-refractivity contribution in [1.29, 1.82) is 0 Å². The number of anilines is 1. The molecular formula is C18H17ClN4O2. The number of nitrogens with one attached hydrogen (secondary N) is 1. The third-order valence-corrected chi connectivity index (χ3v) is 3.68. The van der Waals surface area contributed by atoms with Gasteiger partial charge in [-0.25, -0.2) is 0 Å². The summed E-state index contributed by atoms with van der Waals surface area (Å²) in [6.45, 7) is 0. The SMILES string of the molecule is COC(=O)[C@@H](N=[N+]=[N-])[C@@H](/C=C/c1ccccc1)Nc1ccc(Cl)cc1. The topological polar surface area (TPSA) is 87.1 Å². The van der Waals surface area contributed by atoms with Gasteiger partial charge in [0.05, 0.1) is 13.2 Å². The number of carbonyl (C=O) groups excluding carboxylic acids is 1. The summed E-state index contributed by atoms with van der Waals surface area (Å²) < 4.78 is 4.76. The van der Waals surface area contributed by atoms with Gasteiger partial charge in [0.1, 0.15) is 0 Å². The van der Waals surface area contributed by atoms with Crippen LogP contribution in [0.2, 0.25) is 5.02 Å². The molecule has 0 bridgehead atoms. The van der Waals surface area contributed by atoms with Crippen LogP contribution in [-0.2, 0) is 9.53 Å². The van der Waals surface area contributed by atoms with Crippen LogP contribution >= 0.6 is 11.6 Å². The molecule has 0 heterocycles. The van der Waals surface area contributed by atoms with E-state index in [1.165, 1.54) is 7.11 Å². The summed E-state index contributed by atoms with van der Waals surface area (Å²) in [5, 5.41) is 7.35. The van der Waals surface area contributed by atoms with Crippen molar-refractivity contribution in [3.63, 3.8) is 0 Å². The van der Waals surface area contributed by atoms with Crippen molar-refractivity contribution >= 4 is 29.3 Å². The lowest BCUT2D eigenvalue weighted by atomic mass is 10.1. The Balaban J connectivity index is 2.31. The maximum Gasteiger partial charge on any atom is 0.317 e. The molecule has 0 aliphatic rings. The second kappa shape index (κ2) is 9.37. The molecule has 25 heavy (non-hydrogen) atoms. The van der Waals surface area contributed by atoms with Crippen LogP contribution in [0.25, 0.3) is 16.5 Å². The van der Waals surface area contributed by atoms with Gasteiger partial charge < -0.3 is 10.1 Å². The van der Waals surface area contributed by atoms with Crippen LogP contribution in [0, 0.1) is 0 Å². The quantitative estimate of drug-likeness (QED) is 0.338. The van der Waals surface area contributed by atoms with Crippen molar-refractivity contribution in [2.75, 3.05) is 12.4 Å². The molecule has 2 rings (SSSR count). The Morgan fingerprint density at radius 1 is 1.24 bits per heavy atom. The Morgan fingerprint density at radius 3 is 2.52 bits per heavy atom. The minimum Gasteiger partial charge on any atom is -0.469 e. The van der Waals surface area contributed by atoms with E-state index < -0.39 is 18.1 Å². The summed E-state index contributed by atoms with van der Waals surface area (Å²) in [6.07, 6.45) is 3.61. The first-order chi connectivity index (χ1) is 12.1. The number of rotatable bonds is 7. The number of hydrogen-bond donors (Lipinski definition) is 1. The van der Waals surface area contributed by atoms with E-state index >= 15 is 0 Å². The second-order valence-corrected chi connectivity index (χ2v) is 5.56. The van der Waals surface area contributed by atoms with Gasteiger partial charge in [-0.1, -0.05) is 59.2 Å². The van der Waals surface area contributed by atoms with Crippen LogP contribution in [0.5, 0.6) is 0 Å². The van der Waals surface area contributed by atoms with E-state index in [1.807, 2.05) is 36.4 Å². The number of nitrogens with zero attached hydrogens (tertiary/aromatic N) is 3. The Hall–Kier alpha value is -2.95. The lowest BCUT2D eigenvalue weighted by Crippen LogP contribution is -2.37. The number of benzene rings is 2. The van der Waals surface area contributed by atoms with Crippen molar-refractivity contribution in [2.45, 2.75) is 12.1 Å². The van der Waals surface area contributed by atoms with Gasteiger partial charge in [-0.05, 0) is 35.4 Å². The van der Waals surface area contributed by atoms with Crippen molar-refractivity contribution in [3.8, 4) is 0 Å². The normalized spacial score (nSPS) is 12.9. The molecule has 0 unspecified atom stereocenters. The van der Waals surface area contributed by atoms with Crippen LogP contribution in [0.3, 0.4) is 0 Å². The second-order valence-electron chi connectivity index (χ2n) is 5.12. The van der Waals surface area contributed by atoms with Gasteiger partial charge in [-0.3, -0.25) is 4.79 Å². The Labute approximate surface area is 150 Å². The van der Waals surface area contributed by atoms with Gasteiger partial charge in [0.2, 0.25) is 0 Å². The number of methoxy groups -OCH3 is 1. The summed E-state index contributed by atoms with van der Waals surface area (Å²) in [7, 11) is 1.25. The van der Waals surface area contributed by atoms with E-state index in [9.17, 15) is 4.79 Å². The summed E-state index contributed by atoms with van der Waals surface area (Å²) in [4.78, 5) is 14.8. The standard InChI is InChI=1S/C18H17ClN4O2/c1-25-18(24)17(22-23-20)16(12-7-13-5-3-2-4-6-13)21-15-10-8-14(19)9-11-15/h2-12,16-17,21H,1H3/b12-7+/t16-,17+/m1/s1. The minimum atomic E-state index is -1.05. The van der Waals surface area contributed by atoms with Gasteiger partial charge in [-0.15, -0.1) is 0 Å². The summed E-state index contributed by atoms with van der Waals surface area (Å²) >= 11 is 5.89. The largest absolute Gasteiger partial charge is 0.469 e. The average molecular weight is 357 g/mol. The summed E-state index contributed by atoms with van der Waals surface area (Å²) in [5.74, 6) is -0.623.